The zero-order valence-electron chi connectivity index (χ0n) is 32.9. The molecule has 4 rings (SSSR count). The molecule has 52 heavy (non-hydrogen) atoms. The van der Waals surface area contributed by atoms with Crippen molar-refractivity contribution < 1.29 is 29.3 Å². The van der Waals surface area contributed by atoms with E-state index in [1.54, 1.807) is 16.2 Å². The summed E-state index contributed by atoms with van der Waals surface area (Å²) in [5.41, 5.74) is 10.9. The summed E-state index contributed by atoms with van der Waals surface area (Å²) >= 11 is 3.94. The second kappa shape index (κ2) is 22.1. The molecule has 2 atom stereocenters. The Bertz CT molecular complexity index is 1780. The van der Waals surface area contributed by atoms with Gasteiger partial charge in [-0.15, -0.1) is 12.4 Å². The number of hydrogen-bond donors (Lipinski definition) is 4. The molecule has 0 spiro atoms. The molecule has 5 N–H and O–H groups in total. The van der Waals surface area contributed by atoms with E-state index in [-0.39, 0.29) is 49.3 Å². The van der Waals surface area contributed by atoms with Crippen LogP contribution in [0.25, 0.3) is 22.5 Å². The number of ether oxygens (including phenoxy) is 1. The Kier molecular flexibility index (Phi) is 18.0. The minimum atomic E-state index is -0.580. The Hall–Kier alpha value is -4.08. The number of nitrogens with one attached hydrogen (secondary N) is 1. The van der Waals surface area contributed by atoms with Gasteiger partial charge in [-0.1, -0.05) is 48.5 Å². The predicted octanol–water partition coefficient (Wildman–Crippen LogP) is 5.07. The molecule has 2 heterocycles. The number of nitrogens with zero attached hydrogens (tertiary/aromatic N) is 4. The number of halogens is 1. The number of hydrogen-bond acceptors (Lipinski definition) is 10. The number of carbonyl (C=O) groups excluding carboxylic acids is 3. The Morgan fingerprint density at radius 3 is 1.73 bits per heavy atom. The van der Waals surface area contributed by atoms with E-state index in [1.807, 2.05) is 88.7 Å². The molecule has 0 saturated heterocycles. The number of aliphatic hydroxyl groups excluding tert-OH is 2. The van der Waals surface area contributed by atoms with Gasteiger partial charge in [0.25, 0.3) is 0 Å². The summed E-state index contributed by atoms with van der Waals surface area (Å²) in [5.74, 6) is 0.749. The third kappa shape index (κ3) is 14.9. The first-order valence-electron chi connectivity index (χ1n) is 17.5. The molecule has 0 unspecified atom stereocenters. The number of imidazole rings is 2. The van der Waals surface area contributed by atoms with Gasteiger partial charge in [-0.2, -0.15) is 0 Å². The Labute approximate surface area is 321 Å². The summed E-state index contributed by atoms with van der Waals surface area (Å²) in [6.07, 6.45) is 5.59. The monoisotopic (exact) mass is 757 g/mol. The van der Waals surface area contributed by atoms with Crippen LogP contribution in [-0.4, -0.2) is 87.3 Å². The second-order valence-electron chi connectivity index (χ2n) is 13.1. The maximum absolute atomic E-state index is 12.1. The van der Waals surface area contributed by atoms with Gasteiger partial charge in [0.1, 0.15) is 5.60 Å². The predicted molar refractivity (Wildman–Crippen MR) is 211 cm³/mol. The van der Waals surface area contributed by atoms with Gasteiger partial charge in [0.15, 0.2) is 23.2 Å². The van der Waals surface area contributed by atoms with Crippen molar-refractivity contribution in [1.29, 1.82) is 2.77 Å². The minimum Gasteiger partial charge on any atom is -0.444 e. The van der Waals surface area contributed by atoms with Crippen molar-refractivity contribution >= 4 is 48.8 Å². The number of nitrogens with two attached hydrogens (primary N) is 1. The molecule has 2 aromatic heterocycles. The fourth-order valence-corrected chi connectivity index (χ4v) is 5.19. The van der Waals surface area contributed by atoms with Gasteiger partial charge in [0, 0.05) is 76.8 Å². The van der Waals surface area contributed by atoms with Crippen LogP contribution in [0.1, 0.15) is 79.8 Å². The van der Waals surface area contributed by atoms with E-state index in [0.717, 1.165) is 46.7 Å². The van der Waals surface area contributed by atoms with E-state index in [2.05, 4.69) is 32.4 Å². The number of aromatic nitrogens is 4. The molecular weight excluding hydrogens is 703 g/mol. The van der Waals surface area contributed by atoms with Gasteiger partial charge in [0.2, 0.25) is 1.43 Å². The van der Waals surface area contributed by atoms with Gasteiger partial charge in [-0.25, -0.2) is 14.8 Å². The Morgan fingerprint density at radius 1 is 0.923 bits per heavy atom. The smallest absolute Gasteiger partial charge is 0.407 e. The molecule has 2 aromatic carbocycles. The number of aryl methyl sites for hydroxylation is 2. The molecule has 4 aromatic rings. The van der Waals surface area contributed by atoms with Crippen LogP contribution in [0.15, 0.2) is 60.9 Å². The van der Waals surface area contributed by atoms with Crippen molar-refractivity contribution in [2.45, 2.75) is 78.0 Å². The molecule has 0 fully saturated rings. The van der Waals surface area contributed by atoms with Gasteiger partial charge < -0.3 is 35.1 Å². The summed E-state index contributed by atoms with van der Waals surface area (Å²) in [6.45, 7) is 9.58. The fraction of sp³-hybridized carbons (Fsp3) is 0.432. The van der Waals surface area contributed by atoms with E-state index >= 15 is 0 Å². The number of amides is 1. The van der Waals surface area contributed by atoms with Crippen molar-refractivity contribution in [2.75, 3.05) is 13.2 Å². The van der Waals surface area contributed by atoms with E-state index < -0.39 is 11.7 Å². The molecule has 1 amide bonds. The van der Waals surface area contributed by atoms with Crippen molar-refractivity contribution in [3.05, 3.63) is 83.7 Å². The summed E-state index contributed by atoms with van der Waals surface area (Å²) in [5, 5.41) is 16.1. The van der Waals surface area contributed by atoms with Crippen molar-refractivity contribution in [1.82, 2.24) is 24.4 Å². The van der Waals surface area contributed by atoms with Gasteiger partial charge in [0.05, 0.1) is 11.4 Å². The SMILES string of the molecule is CC(=O)c1nc(-c2ccc(C[C@H](N)CCO)cc2)cn1C.Cl.[2H]B=S.[3H]OCC[C@H](Cc1ccc(-c2cn(C)c(C(C)=O)n2)cc1)NC(=O)OC(C)(C)C. The van der Waals surface area contributed by atoms with Crippen LogP contribution in [0.4, 0.5) is 4.79 Å². The summed E-state index contributed by atoms with van der Waals surface area (Å²) in [6, 6.07) is 15.5. The zero-order valence-corrected chi connectivity index (χ0v) is 32.6. The molecule has 282 valence electrons. The first-order valence-corrected chi connectivity index (χ1v) is 17.0. The fourth-order valence-electron chi connectivity index (χ4n) is 5.19. The van der Waals surface area contributed by atoms with Crippen LogP contribution in [0.5, 0.6) is 0 Å². The summed E-state index contributed by atoms with van der Waals surface area (Å²) in [7, 11) is 3.61. The molecule has 15 heteroatoms. The van der Waals surface area contributed by atoms with Crippen molar-refractivity contribution in [3.8, 4) is 22.5 Å². The van der Waals surface area contributed by atoms with Crippen molar-refractivity contribution in [2.24, 2.45) is 19.8 Å². The molecule has 0 saturated carbocycles. The number of ketones is 2. The van der Waals surface area contributed by atoms with Crippen LogP contribution >= 0.6 is 24.5 Å². The second-order valence-corrected chi connectivity index (χ2v) is 13.1. The number of Topliss-reactive ketones (excluding diaryl/α,β-unsaturated/α-hetero) is 2. The van der Waals surface area contributed by atoms with E-state index in [0.29, 0.717) is 30.9 Å². The molecule has 12 nitrogen and oxygen atoms in total. The quantitative estimate of drug-likeness (QED) is 0.100. The maximum atomic E-state index is 12.1. The van der Waals surface area contributed by atoms with Crippen LogP contribution in [0, 0.1) is 0 Å². The largest absolute Gasteiger partial charge is 0.444 e. The first-order chi connectivity index (χ1) is 25.0. The summed E-state index contributed by atoms with van der Waals surface area (Å²) in [4.78, 5) is 43.9. The topological polar surface area (TPSA) is 175 Å². The van der Waals surface area contributed by atoms with Crippen LogP contribution < -0.4 is 11.1 Å². The molecule has 0 aliphatic rings. The van der Waals surface area contributed by atoms with Crippen LogP contribution in [0.2, 0.25) is 0 Å². The average molecular weight is 758 g/mol. The van der Waals surface area contributed by atoms with E-state index in [1.165, 1.54) is 13.8 Å². The Morgan fingerprint density at radius 2 is 1.37 bits per heavy atom. The zero-order chi connectivity index (χ0) is 39.7. The van der Waals surface area contributed by atoms with E-state index in [9.17, 15) is 14.4 Å². The number of alkyl carbamates (subject to hydrolysis) is 1. The van der Waals surface area contributed by atoms with Gasteiger partial charge >= 0.3 is 26.2 Å². The van der Waals surface area contributed by atoms with Gasteiger partial charge in [-0.05, 0) is 57.6 Å². The van der Waals surface area contributed by atoms with Crippen LogP contribution in [-0.2, 0) is 31.7 Å². The van der Waals surface area contributed by atoms with E-state index in [4.69, 9.17) is 18.3 Å². The number of aliphatic hydroxyl groups is 2. The third-order valence-electron chi connectivity index (χ3n) is 7.55. The third-order valence-corrected chi connectivity index (χ3v) is 7.55. The normalized spacial score (nSPS) is 12.2. The Balaban J connectivity index is 0.000000515. The molecule has 0 aliphatic heterocycles. The van der Waals surface area contributed by atoms with Crippen LogP contribution in [0.3, 0.4) is 0 Å². The standard InChI is InChI=1S/C21H29N3O4.C16H21N3O2.BHS.ClH/c1-14(26)19-23-18(13-24(19)5)16-8-6-15(7-9-16)12-17(10-11-25)22-20(27)28-21(2,3)4;1-11(21)16-18-15(10-19(16)2)13-5-3-12(4-6-13)9-14(17)7-8-20;1-2;/h6-9,13,17,25H,10-12H2,1-5H3,(H,22,27);3-6,10,14,20H,7-9,17H2,1-2H3;1H;1H/t17-;14-;;/m11../s1/i25T;;1D;. The van der Waals surface area contributed by atoms with Crippen molar-refractivity contribution in [3.63, 3.8) is 0 Å². The number of rotatable bonds is 14. The summed E-state index contributed by atoms with van der Waals surface area (Å²) < 4.78 is 21.6. The first kappa shape index (κ1) is 42.3. The number of benzene rings is 2. The molecule has 0 radical (unpaired) electrons. The average Bonchev–Trinajstić information content (AvgIpc) is 3.67. The molecular formula is C37H52BClN6O6S. The minimum absolute atomic E-state index is 0. The molecule has 0 bridgehead atoms. The maximum Gasteiger partial charge on any atom is 0.407 e. The number of carbonyl (C=O) groups is 3. The molecule has 0 aliphatic carbocycles. The van der Waals surface area contributed by atoms with Gasteiger partial charge in [-0.3, -0.25) is 9.59 Å².